The van der Waals surface area contributed by atoms with Crippen molar-refractivity contribution in [1.82, 2.24) is 9.55 Å². The van der Waals surface area contributed by atoms with Crippen LogP contribution in [0.5, 0.6) is 0 Å². The van der Waals surface area contributed by atoms with Gasteiger partial charge >= 0.3 is 5.69 Å². The lowest BCUT2D eigenvalue weighted by Gasteiger charge is -2.35. The van der Waals surface area contributed by atoms with E-state index in [1.54, 1.807) is 0 Å². The van der Waals surface area contributed by atoms with E-state index in [-0.39, 0.29) is 13.0 Å². The van der Waals surface area contributed by atoms with E-state index in [1.807, 2.05) is 0 Å². The fraction of sp³-hybridized carbons (Fsp3) is 0.667. The molecule has 4 atom stereocenters. The first-order valence-corrected chi connectivity index (χ1v) is 6.52. The summed E-state index contributed by atoms with van der Waals surface area (Å²) in [6.45, 7) is -0.290. The van der Waals surface area contributed by atoms with Crippen LogP contribution < -0.4 is 17.0 Å². The number of nitrogens with zero attached hydrogens (tertiary/aromatic N) is 1. The molecule has 0 aromatic carbocycles. The van der Waals surface area contributed by atoms with E-state index in [1.165, 1.54) is 13.3 Å². The summed E-state index contributed by atoms with van der Waals surface area (Å²) in [5.74, 6) is 0. The molecule has 0 saturated carbocycles. The molecular weight excluding hydrogens is 282 g/mol. The number of hydrogen-bond acceptors (Lipinski definition) is 7. The number of nitrogens with one attached hydrogen (secondary N) is 1. The maximum Gasteiger partial charge on any atom is 0.330 e. The number of ether oxygens (including phenoxy) is 2. The summed E-state index contributed by atoms with van der Waals surface area (Å²) < 4.78 is 12.1. The van der Waals surface area contributed by atoms with Gasteiger partial charge in [0, 0.05) is 25.8 Å². The van der Waals surface area contributed by atoms with Gasteiger partial charge in [0.25, 0.3) is 5.56 Å². The van der Waals surface area contributed by atoms with Crippen LogP contribution in [0.1, 0.15) is 6.42 Å². The third-order valence-corrected chi connectivity index (χ3v) is 3.66. The van der Waals surface area contributed by atoms with Crippen LogP contribution in [-0.2, 0) is 15.2 Å². The Kier molecular flexibility index (Phi) is 4.59. The number of aliphatic hydroxyl groups is 2. The monoisotopic (exact) mass is 301 g/mol. The Morgan fingerprint density at radius 2 is 2.29 bits per heavy atom. The van der Waals surface area contributed by atoms with Crippen molar-refractivity contribution in [1.29, 1.82) is 0 Å². The molecule has 0 radical (unpaired) electrons. The lowest BCUT2D eigenvalue weighted by molar-refractivity contribution is -0.161. The quantitative estimate of drug-likeness (QED) is 0.464. The summed E-state index contributed by atoms with van der Waals surface area (Å²) in [7, 11) is 1.36. The largest absolute Gasteiger partial charge is 0.394 e. The highest BCUT2D eigenvalue weighted by Crippen LogP contribution is 2.38. The Morgan fingerprint density at radius 3 is 2.81 bits per heavy atom. The number of aliphatic hydroxyl groups excluding tert-OH is 2. The molecule has 21 heavy (non-hydrogen) atoms. The standard InChI is InChI=1S/C12H19N3O6/c1-20-10-9(18)7(6-16)21-12(10,3-4-13)15-5-2-8(17)14-11(15)19/h2,5,7,9-10,16,18H,3-4,6,13H2,1H3,(H,14,17,19)/t7-,9-,10-,12-/m1/s1. The van der Waals surface area contributed by atoms with Gasteiger partial charge in [0.15, 0.2) is 5.72 Å². The van der Waals surface area contributed by atoms with Crippen molar-refractivity contribution in [3.05, 3.63) is 33.1 Å². The van der Waals surface area contributed by atoms with Crippen LogP contribution in [-0.4, -0.2) is 58.3 Å². The first-order valence-electron chi connectivity index (χ1n) is 6.52. The zero-order valence-electron chi connectivity index (χ0n) is 11.6. The summed E-state index contributed by atoms with van der Waals surface area (Å²) in [5, 5.41) is 19.5. The van der Waals surface area contributed by atoms with Gasteiger partial charge in [0.05, 0.1) is 6.61 Å². The second-order valence-electron chi connectivity index (χ2n) is 4.85. The molecular formula is C12H19N3O6. The number of aromatic nitrogens is 2. The van der Waals surface area contributed by atoms with E-state index < -0.39 is 41.9 Å². The molecule has 0 unspecified atom stereocenters. The van der Waals surface area contributed by atoms with Crippen molar-refractivity contribution in [3.8, 4) is 0 Å². The molecule has 1 aromatic heterocycles. The second kappa shape index (κ2) is 6.08. The van der Waals surface area contributed by atoms with Gasteiger partial charge in [-0.3, -0.25) is 14.3 Å². The molecule has 0 aliphatic carbocycles. The molecule has 5 N–H and O–H groups in total. The van der Waals surface area contributed by atoms with E-state index in [0.717, 1.165) is 10.6 Å². The smallest absolute Gasteiger partial charge is 0.330 e. The number of hydrogen-bond donors (Lipinski definition) is 4. The molecule has 1 fully saturated rings. The second-order valence-corrected chi connectivity index (χ2v) is 4.85. The van der Waals surface area contributed by atoms with Crippen LogP contribution in [0.15, 0.2) is 21.9 Å². The molecule has 0 spiro atoms. The van der Waals surface area contributed by atoms with E-state index in [2.05, 4.69) is 4.98 Å². The lowest BCUT2D eigenvalue weighted by Crippen LogP contribution is -2.53. The molecule has 0 amide bonds. The predicted molar refractivity (Wildman–Crippen MR) is 71.7 cm³/mol. The molecule has 1 saturated heterocycles. The van der Waals surface area contributed by atoms with Gasteiger partial charge in [-0.2, -0.15) is 0 Å². The molecule has 2 rings (SSSR count). The van der Waals surface area contributed by atoms with Crippen molar-refractivity contribution in [2.45, 2.75) is 30.5 Å². The van der Waals surface area contributed by atoms with E-state index in [9.17, 15) is 19.8 Å². The maximum atomic E-state index is 12.1. The van der Waals surface area contributed by atoms with E-state index >= 15 is 0 Å². The van der Waals surface area contributed by atoms with Crippen molar-refractivity contribution in [3.63, 3.8) is 0 Å². The summed E-state index contributed by atoms with van der Waals surface area (Å²) >= 11 is 0. The minimum absolute atomic E-state index is 0.149. The maximum absolute atomic E-state index is 12.1. The summed E-state index contributed by atoms with van der Waals surface area (Å²) in [5.41, 5.74) is 2.95. The predicted octanol–water partition coefficient (Wildman–Crippen LogP) is -2.69. The highest BCUT2D eigenvalue weighted by Gasteiger charge is 2.56. The molecule has 1 aliphatic rings. The third-order valence-electron chi connectivity index (χ3n) is 3.66. The number of aromatic amines is 1. The van der Waals surface area contributed by atoms with Gasteiger partial charge in [-0.15, -0.1) is 0 Å². The molecule has 1 aliphatic heterocycles. The lowest BCUT2D eigenvalue weighted by atomic mass is 9.98. The van der Waals surface area contributed by atoms with Crippen LogP contribution in [0.2, 0.25) is 0 Å². The summed E-state index contributed by atoms with van der Waals surface area (Å²) in [6, 6.07) is 1.16. The molecule has 118 valence electrons. The summed E-state index contributed by atoms with van der Waals surface area (Å²) in [4.78, 5) is 25.4. The number of nitrogens with two attached hydrogens (primary N) is 1. The van der Waals surface area contributed by atoms with Crippen LogP contribution in [0.3, 0.4) is 0 Å². The Hall–Kier alpha value is -1.52. The van der Waals surface area contributed by atoms with Crippen molar-refractivity contribution in [2.24, 2.45) is 5.73 Å². The van der Waals surface area contributed by atoms with Crippen molar-refractivity contribution < 1.29 is 19.7 Å². The van der Waals surface area contributed by atoms with Gasteiger partial charge in [-0.1, -0.05) is 0 Å². The zero-order chi connectivity index (χ0) is 15.6. The third kappa shape index (κ3) is 2.54. The van der Waals surface area contributed by atoms with Gasteiger partial charge in [-0.25, -0.2) is 4.79 Å². The van der Waals surface area contributed by atoms with Crippen LogP contribution in [0.4, 0.5) is 0 Å². The van der Waals surface area contributed by atoms with Crippen LogP contribution >= 0.6 is 0 Å². The number of methoxy groups -OCH3 is 1. The Bertz CT molecular complexity index is 599. The summed E-state index contributed by atoms with van der Waals surface area (Å²) in [6.07, 6.45) is -1.55. The number of H-pyrrole nitrogens is 1. The molecule has 9 heteroatoms. The zero-order valence-corrected chi connectivity index (χ0v) is 11.6. The average molecular weight is 301 g/mol. The minimum Gasteiger partial charge on any atom is -0.394 e. The SMILES string of the molecule is CO[C@@H]1[C@H](O)[C@@H](CO)O[C@@]1(CCN)n1ccc(=O)[nH]c1=O. The van der Waals surface area contributed by atoms with Crippen molar-refractivity contribution >= 4 is 0 Å². The van der Waals surface area contributed by atoms with Gasteiger partial charge in [0.2, 0.25) is 0 Å². The normalized spacial score (nSPS) is 32.5. The molecule has 2 heterocycles. The van der Waals surface area contributed by atoms with E-state index in [0.29, 0.717) is 0 Å². The van der Waals surface area contributed by atoms with Crippen LogP contribution in [0, 0.1) is 0 Å². The Morgan fingerprint density at radius 1 is 1.57 bits per heavy atom. The Labute approximate surface area is 119 Å². The Balaban J connectivity index is 2.59. The number of rotatable bonds is 5. The molecule has 9 nitrogen and oxygen atoms in total. The van der Waals surface area contributed by atoms with Crippen molar-refractivity contribution in [2.75, 3.05) is 20.3 Å². The van der Waals surface area contributed by atoms with E-state index in [4.69, 9.17) is 15.2 Å². The molecule has 0 bridgehead atoms. The first kappa shape index (κ1) is 15.9. The van der Waals surface area contributed by atoms with Gasteiger partial charge in [0.1, 0.15) is 18.3 Å². The first-order chi connectivity index (χ1) is 10.00. The minimum atomic E-state index is -1.39. The average Bonchev–Trinajstić information content (AvgIpc) is 2.71. The van der Waals surface area contributed by atoms with Crippen LogP contribution in [0.25, 0.3) is 0 Å². The highest BCUT2D eigenvalue weighted by molar-refractivity contribution is 5.02. The topological polar surface area (TPSA) is 140 Å². The van der Waals surface area contributed by atoms with Gasteiger partial charge in [-0.05, 0) is 6.54 Å². The van der Waals surface area contributed by atoms with Gasteiger partial charge < -0.3 is 25.4 Å². The highest BCUT2D eigenvalue weighted by atomic mass is 16.6. The fourth-order valence-electron chi connectivity index (χ4n) is 2.77. The fourth-order valence-corrected chi connectivity index (χ4v) is 2.77. The molecule has 1 aromatic rings.